The molecule has 2 aromatic rings. The second-order valence-corrected chi connectivity index (χ2v) is 7.80. The first kappa shape index (κ1) is 18.8. The molecule has 0 aromatic heterocycles. The minimum absolute atomic E-state index is 0.0452. The first-order valence-corrected chi connectivity index (χ1v) is 10.3. The summed E-state index contributed by atoms with van der Waals surface area (Å²) in [5.74, 6) is 0. The summed E-state index contributed by atoms with van der Waals surface area (Å²) < 4.78 is 7.95. The minimum Gasteiger partial charge on any atom is -0.299 e. The number of anilines is 2. The van der Waals surface area contributed by atoms with Gasteiger partial charge in [0.25, 0.3) is 0 Å². The molecule has 1 aliphatic rings. The normalized spacial score (nSPS) is 14.0. The molecule has 2 amide bonds. The van der Waals surface area contributed by atoms with Gasteiger partial charge in [0.1, 0.15) is 0 Å². The molecule has 5 nitrogen and oxygen atoms in total. The van der Waals surface area contributed by atoms with E-state index in [1.54, 1.807) is 0 Å². The number of urea groups is 1. The molecule has 1 fully saturated rings. The summed E-state index contributed by atoms with van der Waals surface area (Å²) in [5, 5.41) is 0. The highest BCUT2D eigenvalue weighted by molar-refractivity contribution is 8.00. The van der Waals surface area contributed by atoms with E-state index in [4.69, 9.17) is 0 Å². The van der Waals surface area contributed by atoms with E-state index in [2.05, 4.69) is 46.7 Å². The lowest BCUT2D eigenvalue weighted by atomic mass is 10.3. The number of amides is 2. The topological polar surface area (TPSA) is 30.0 Å². The molecule has 0 spiro atoms. The fourth-order valence-corrected chi connectivity index (χ4v) is 4.50. The van der Waals surface area contributed by atoms with Crippen LogP contribution >= 0.6 is 24.3 Å². The molecule has 1 aliphatic heterocycles. The van der Waals surface area contributed by atoms with Crippen molar-refractivity contribution in [2.24, 2.45) is 0 Å². The second kappa shape index (κ2) is 9.09. The number of benzene rings is 2. The van der Waals surface area contributed by atoms with Gasteiger partial charge in [-0.2, -0.15) is 0 Å². The smallest absolute Gasteiger partial charge is 0.299 e. The standard InChI is InChI=1S/C19H24N4OS2/c1-3-20(17-11-7-5-8-12-17)25-22-15-16-23(19(22)24)26-21(4-2)18-13-9-6-10-14-18/h5-14H,3-4,15-16H2,1-2H3. The van der Waals surface area contributed by atoms with Gasteiger partial charge in [-0.05, 0) is 38.1 Å². The number of para-hydroxylation sites is 2. The Kier molecular flexibility index (Phi) is 6.57. The first-order chi connectivity index (χ1) is 12.7. The van der Waals surface area contributed by atoms with Crippen LogP contribution in [-0.2, 0) is 0 Å². The van der Waals surface area contributed by atoms with Crippen LogP contribution in [-0.4, -0.2) is 40.8 Å². The molecular formula is C19H24N4OS2. The summed E-state index contributed by atoms with van der Waals surface area (Å²) in [6, 6.07) is 20.4. The lowest BCUT2D eigenvalue weighted by Gasteiger charge is -2.28. The molecule has 7 heteroatoms. The molecule has 0 bridgehead atoms. The third-order valence-corrected chi connectivity index (χ3v) is 6.39. The number of hydrogen-bond acceptors (Lipinski definition) is 5. The fourth-order valence-electron chi connectivity index (χ4n) is 2.65. The summed E-state index contributed by atoms with van der Waals surface area (Å²) in [7, 11) is 0. The van der Waals surface area contributed by atoms with Gasteiger partial charge in [-0.25, -0.2) is 13.4 Å². The maximum Gasteiger partial charge on any atom is 0.342 e. The number of hydrogen-bond donors (Lipinski definition) is 0. The molecule has 0 saturated carbocycles. The zero-order chi connectivity index (χ0) is 18.4. The molecule has 1 saturated heterocycles. The van der Waals surface area contributed by atoms with E-state index >= 15 is 0 Å². The highest BCUT2D eigenvalue weighted by Gasteiger charge is 2.33. The van der Waals surface area contributed by atoms with Gasteiger partial charge < -0.3 is 0 Å². The van der Waals surface area contributed by atoms with Gasteiger partial charge in [0.15, 0.2) is 0 Å². The molecule has 0 aliphatic carbocycles. The van der Waals surface area contributed by atoms with Gasteiger partial charge >= 0.3 is 6.03 Å². The Hall–Kier alpha value is -1.99. The Morgan fingerprint density at radius 3 is 1.50 bits per heavy atom. The predicted molar refractivity (Wildman–Crippen MR) is 113 cm³/mol. The molecule has 2 aromatic carbocycles. The van der Waals surface area contributed by atoms with Crippen LogP contribution in [0.25, 0.3) is 0 Å². The molecule has 0 atom stereocenters. The van der Waals surface area contributed by atoms with E-state index in [1.165, 1.54) is 24.3 Å². The molecular weight excluding hydrogens is 364 g/mol. The monoisotopic (exact) mass is 388 g/mol. The predicted octanol–water partition coefficient (Wildman–Crippen LogP) is 4.90. The molecule has 1 heterocycles. The number of rotatable bonds is 8. The van der Waals surface area contributed by atoms with Gasteiger partial charge in [0.05, 0.1) is 37.4 Å². The zero-order valence-corrected chi connectivity index (χ0v) is 16.7. The van der Waals surface area contributed by atoms with Crippen LogP contribution in [0.3, 0.4) is 0 Å². The Morgan fingerprint density at radius 1 is 0.769 bits per heavy atom. The maximum absolute atomic E-state index is 12.8. The average molecular weight is 389 g/mol. The van der Waals surface area contributed by atoms with Crippen molar-refractivity contribution in [3.8, 4) is 0 Å². The Balaban J connectivity index is 1.62. The summed E-state index contributed by atoms with van der Waals surface area (Å²) >= 11 is 2.98. The largest absolute Gasteiger partial charge is 0.342 e. The van der Waals surface area contributed by atoms with Crippen LogP contribution in [0.5, 0.6) is 0 Å². The lowest BCUT2D eigenvalue weighted by molar-refractivity contribution is 0.228. The van der Waals surface area contributed by atoms with Gasteiger partial charge in [0, 0.05) is 24.5 Å². The van der Waals surface area contributed by atoms with E-state index in [-0.39, 0.29) is 6.03 Å². The van der Waals surface area contributed by atoms with E-state index < -0.39 is 0 Å². The van der Waals surface area contributed by atoms with Crippen molar-refractivity contribution in [2.75, 3.05) is 34.8 Å². The van der Waals surface area contributed by atoms with E-state index in [0.717, 1.165) is 24.5 Å². The minimum atomic E-state index is 0.0452. The van der Waals surface area contributed by atoms with Crippen LogP contribution in [0.1, 0.15) is 13.8 Å². The lowest BCUT2D eigenvalue weighted by Crippen LogP contribution is -2.31. The van der Waals surface area contributed by atoms with Gasteiger partial charge in [-0.1, -0.05) is 36.4 Å². The second-order valence-electron chi connectivity index (χ2n) is 5.71. The quantitative estimate of drug-likeness (QED) is 0.600. The van der Waals surface area contributed by atoms with Gasteiger partial charge in [-0.3, -0.25) is 8.61 Å². The first-order valence-electron chi connectivity index (χ1n) is 8.83. The Bertz CT molecular complexity index is 642. The van der Waals surface area contributed by atoms with E-state index in [9.17, 15) is 4.79 Å². The van der Waals surface area contributed by atoms with Crippen LogP contribution in [0, 0.1) is 0 Å². The number of carbonyl (C=O) groups excluding carboxylic acids is 1. The van der Waals surface area contributed by atoms with Crippen LogP contribution in [0.4, 0.5) is 16.2 Å². The highest BCUT2D eigenvalue weighted by atomic mass is 32.2. The van der Waals surface area contributed by atoms with Crippen LogP contribution in [0.15, 0.2) is 60.7 Å². The number of carbonyl (C=O) groups is 1. The molecule has 138 valence electrons. The van der Waals surface area contributed by atoms with Crippen molar-refractivity contribution in [1.82, 2.24) is 8.61 Å². The van der Waals surface area contributed by atoms with Crippen molar-refractivity contribution in [3.05, 3.63) is 60.7 Å². The van der Waals surface area contributed by atoms with Crippen molar-refractivity contribution >= 4 is 41.7 Å². The summed E-state index contributed by atoms with van der Waals surface area (Å²) in [6.07, 6.45) is 0. The average Bonchev–Trinajstić information content (AvgIpc) is 3.04. The van der Waals surface area contributed by atoms with E-state index in [1.807, 2.05) is 45.0 Å². The van der Waals surface area contributed by atoms with Gasteiger partial charge in [0.2, 0.25) is 0 Å². The highest BCUT2D eigenvalue weighted by Crippen LogP contribution is 2.32. The molecule has 0 unspecified atom stereocenters. The van der Waals surface area contributed by atoms with E-state index in [0.29, 0.717) is 13.1 Å². The van der Waals surface area contributed by atoms with Gasteiger partial charge in [-0.15, -0.1) is 0 Å². The molecule has 0 N–H and O–H groups in total. The zero-order valence-electron chi connectivity index (χ0n) is 15.1. The SMILES string of the molecule is CCN(SN1CCN(SN(CC)c2ccccc2)C1=O)c1ccccc1. The molecule has 0 radical (unpaired) electrons. The Morgan fingerprint density at radius 2 is 1.15 bits per heavy atom. The summed E-state index contributed by atoms with van der Waals surface area (Å²) in [6.45, 7) is 7.29. The van der Waals surface area contributed by atoms with Crippen LogP contribution in [0.2, 0.25) is 0 Å². The fraction of sp³-hybridized carbons (Fsp3) is 0.316. The summed E-state index contributed by atoms with van der Waals surface area (Å²) in [4.78, 5) is 12.8. The molecule has 26 heavy (non-hydrogen) atoms. The summed E-state index contributed by atoms with van der Waals surface area (Å²) in [5.41, 5.74) is 2.22. The number of nitrogens with zero attached hydrogens (tertiary/aromatic N) is 4. The third kappa shape index (κ3) is 4.40. The Labute approximate surface area is 164 Å². The maximum atomic E-state index is 12.8. The van der Waals surface area contributed by atoms with Crippen molar-refractivity contribution in [2.45, 2.75) is 13.8 Å². The van der Waals surface area contributed by atoms with Crippen molar-refractivity contribution in [3.63, 3.8) is 0 Å². The molecule has 3 rings (SSSR count). The van der Waals surface area contributed by atoms with Crippen molar-refractivity contribution < 1.29 is 4.79 Å². The third-order valence-electron chi connectivity index (χ3n) is 3.99. The van der Waals surface area contributed by atoms with Crippen LogP contribution < -0.4 is 8.61 Å². The van der Waals surface area contributed by atoms with Crippen molar-refractivity contribution in [1.29, 1.82) is 0 Å².